The second-order valence-corrected chi connectivity index (χ2v) is 13.6. The topological polar surface area (TPSA) is 99.1 Å². The molecule has 0 amide bonds. The Balaban J connectivity index is 4.57. The Morgan fingerprint density at radius 1 is 0.633 bits per heavy atom. The van der Waals surface area contributed by atoms with E-state index >= 15 is 0 Å². The van der Waals surface area contributed by atoms with E-state index in [-0.39, 0.29) is 42.7 Å². The van der Waals surface area contributed by atoms with E-state index in [2.05, 4.69) is 19.9 Å². The van der Waals surface area contributed by atoms with Crippen LogP contribution in [-0.2, 0) is 28.6 Å². The molecular weight excluding hydrogens is 618 g/mol. The predicted octanol–water partition coefficient (Wildman–Crippen LogP) is 9.46. The molecule has 8 nitrogen and oxygen atoms in total. The minimum atomic E-state index is -0.889. The number of esters is 2. The Bertz CT molecular complexity index is 990. The zero-order valence-electron chi connectivity index (χ0n) is 31.6. The fourth-order valence-electron chi connectivity index (χ4n) is 5.12. The zero-order chi connectivity index (χ0) is 36.4. The molecule has 0 aliphatic heterocycles. The average Bonchev–Trinajstić information content (AvgIpc) is 3.05. The molecule has 0 saturated heterocycles. The van der Waals surface area contributed by atoms with Gasteiger partial charge in [0.25, 0.3) is 0 Å². The lowest BCUT2D eigenvalue weighted by molar-refractivity contribution is -0.887. The number of unbranched alkanes of at least 4 members (excludes halogenated alkanes) is 12. The number of carboxylic acids is 1. The number of hydrogen-bond acceptors (Lipinski definition) is 6. The summed E-state index contributed by atoms with van der Waals surface area (Å²) in [5, 5.41) is 9.57. The number of nitrogens with zero attached hydrogens (tertiary/aromatic N) is 1. The standard InChI is InChI=1S/C41H69NO7/c1-6-8-10-12-14-16-18-20-22-24-26-28-30-32-40(44)49-37(35-47-34-33-38(41(45)46)42(3,4)5)36-48-39(43)31-29-27-25-23-21-19-17-15-13-11-9-7-2/h8,10,12,14,16,18,20,22,24,26,37-38H,6-7,9,11,13,15,17,19,21,23,25,27-36H2,1-5H3/p+1/b10-8+,14-12+,18-16+,22-20+,26-24+. The number of carbonyl (C=O) groups is 3. The summed E-state index contributed by atoms with van der Waals surface area (Å²) < 4.78 is 17.1. The Hall–Kier alpha value is -2.97. The first-order valence-corrected chi connectivity index (χ1v) is 18.9. The van der Waals surface area contributed by atoms with Crippen LogP contribution in [0.2, 0.25) is 0 Å². The summed E-state index contributed by atoms with van der Waals surface area (Å²) in [4.78, 5) is 36.7. The van der Waals surface area contributed by atoms with Crippen molar-refractivity contribution >= 4 is 17.9 Å². The number of aliphatic carboxylic acids is 1. The van der Waals surface area contributed by atoms with Gasteiger partial charge in [0.15, 0.2) is 12.1 Å². The summed E-state index contributed by atoms with van der Waals surface area (Å²) in [6.07, 6.45) is 37.0. The third-order valence-corrected chi connectivity index (χ3v) is 8.06. The monoisotopic (exact) mass is 689 g/mol. The molecule has 0 bridgehead atoms. The van der Waals surface area contributed by atoms with Crippen molar-refractivity contribution < 1.29 is 38.2 Å². The number of carboxylic acid groups (broad SMARTS) is 1. The SMILES string of the molecule is CC/C=C/C=C/C=C/C=C/C=C/CCCC(=O)OC(COCCC(C(=O)O)[N+](C)(C)C)COC(=O)CCCCCCCCCCCCCC. The van der Waals surface area contributed by atoms with Gasteiger partial charge in [0, 0.05) is 19.3 Å². The Morgan fingerprint density at radius 3 is 1.67 bits per heavy atom. The van der Waals surface area contributed by atoms with E-state index in [4.69, 9.17) is 14.2 Å². The smallest absolute Gasteiger partial charge is 0.362 e. The predicted molar refractivity (Wildman–Crippen MR) is 201 cm³/mol. The van der Waals surface area contributed by atoms with Crippen molar-refractivity contribution in [1.29, 1.82) is 0 Å². The molecule has 0 heterocycles. The summed E-state index contributed by atoms with van der Waals surface area (Å²) in [6, 6.07) is -0.627. The normalized spacial score (nSPS) is 13.7. The van der Waals surface area contributed by atoms with Crippen LogP contribution in [0.5, 0.6) is 0 Å². The fourth-order valence-corrected chi connectivity index (χ4v) is 5.12. The van der Waals surface area contributed by atoms with E-state index in [1.807, 2.05) is 75.8 Å². The Kier molecular flexibility index (Phi) is 30.3. The molecule has 0 spiro atoms. The summed E-state index contributed by atoms with van der Waals surface area (Å²) in [5.74, 6) is -1.57. The van der Waals surface area contributed by atoms with Crippen molar-refractivity contribution in [2.24, 2.45) is 0 Å². The maximum atomic E-state index is 12.6. The van der Waals surface area contributed by atoms with Crippen LogP contribution in [0.25, 0.3) is 0 Å². The van der Waals surface area contributed by atoms with Gasteiger partial charge < -0.3 is 23.8 Å². The zero-order valence-corrected chi connectivity index (χ0v) is 31.6. The fraction of sp³-hybridized carbons (Fsp3) is 0.683. The van der Waals surface area contributed by atoms with Crippen molar-refractivity contribution in [3.05, 3.63) is 60.8 Å². The van der Waals surface area contributed by atoms with Crippen LogP contribution in [0, 0.1) is 0 Å². The van der Waals surface area contributed by atoms with Crippen LogP contribution < -0.4 is 0 Å². The number of allylic oxidation sites excluding steroid dienone is 10. The maximum Gasteiger partial charge on any atom is 0.362 e. The third-order valence-electron chi connectivity index (χ3n) is 8.06. The number of rotatable bonds is 32. The molecule has 2 atom stereocenters. The Labute approximate surface area is 298 Å². The quantitative estimate of drug-likeness (QED) is 0.0325. The molecule has 0 saturated carbocycles. The van der Waals surface area contributed by atoms with Crippen LogP contribution in [0.4, 0.5) is 0 Å². The number of carbonyl (C=O) groups excluding carboxylic acids is 2. The second-order valence-electron chi connectivity index (χ2n) is 13.6. The van der Waals surface area contributed by atoms with Gasteiger partial charge in [0.1, 0.15) is 6.61 Å². The number of ether oxygens (including phenoxy) is 3. The van der Waals surface area contributed by atoms with Gasteiger partial charge in [-0.15, -0.1) is 0 Å². The molecule has 0 fully saturated rings. The largest absolute Gasteiger partial charge is 0.477 e. The van der Waals surface area contributed by atoms with Crippen LogP contribution in [-0.4, -0.2) is 80.6 Å². The van der Waals surface area contributed by atoms with Crippen LogP contribution >= 0.6 is 0 Å². The summed E-state index contributed by atoms with van der Waals surface area (Å²) in [5.41, 5.74) is 0. The average molecular weight is 689 g/mol. The van der Waals surface area contributed by atoms with Gasteiger partial charge in [-0.2, -0.15) is 0 Å². The first kappa shape index (κ1) is 46.0. The molecule has 0 rings (SSSR count). The van der Waals surface area contributed by atoms with Gasteiger partial charge >= 0.3 is 17.9 Å². The summed E-state index contributed by atoms with van der Waals surface area (Å²) in [6.45, 7) is 4.48. The minimum absolute atomic E-state index is 0.0312. The molecule has 49 heavy (non-hydrogen) atoms. The molecular formula is C41H70NO7+. The van der Waals surface area contributed by atoms with Gasteiger partial charge in [-0.05, 0) is 25.7 Å². The van der Waals surface area contributed by atoms with Gasteiger partial charge in [-0.1, -0.05) is 145 Å². The number of hydrogen-bond donors (Lipinski definition) is 1. The molecule has 0 radical (unpaired) electrons. The van der Waals surface area contributed by atoms with E-state index in [0.29, 0.717) is 19.3 Å². The van der Waals surface area contributed by atoms with Crippen LogP contribution in [0.3, 0.4) is 0 Å². The highest BCUT2D eigenvalue weighted by Crippen LogP contribution is 2.13. The van der Waals surface area contributed by atoms with Crippen molar-refractivity contribution in [2.45, 2.75) is 142 Å². The summed E-state index contributed by atoms with van der Waals surface area (Å²) >= 11 is 0. The third kappa shape index (κ3) is 30.8. The van der Waals surface area contributed by atoms with Gasteiger partial charge in [0.2, 0.25) is 0 Å². The maximum absolute atomic E-state index is 12.6. The Morgan fingerprint density at radius 2 is 1.14 bits per heavy atom. The van der Waals surface area contributed by atoms with Crippen molar-refractivity contribution in [1.82, 2.24) is 0 Å². The molecule has 0 aromatic carbocycles. The number of likely N-dealkylation sites (N-methyl/N-ethyl adjacent to an activating group) is 1. The highest BCUT2D eigenvalue weighted by atomic mass is 16.6. The molecule has 0 aliphatic rings. The van der Waals surface area contributed by atoms with E-state index < -0.39 is 18.1 Å². The highest BCUT2D eigenvalue weighted by molar-refractivity contribution is 5.72. The van der Waals surface area contributed by atoms with Crippen molar-refractivity contribution in [2.75, 3.05) is 41.0 Å². The molecule has 2 unspecified atom stereocenters. The molecule has 0 aliphatic carbocycles. The van der Waals surface area contributed by atoms with Crippen LogP contribution in [0.15, 0.2) is 60.8 Å². The van der Waals surface area contributed by atoms with Gasteiger partial charge in [-0.25, -0.2) is 4.79 Å². The lowest BCUT2D eigenvalue weighted by Gasteiger charge is -2.31. The van der Waals surface area contributed by atoms with E-state index in [0.717, 1.165) is 32.1 Å². The van der Waals surface area contributed by atoms with Gasteiger partial charge in [-0.3, -0.25) is 9.59 Å². The molecule has 280 valence electrons. The van der Waals surface area contributed by atoms with Crippen molar-refractivity contribution in [3.63, 3.8) is 0 Å². The number of quaternary nitrogens is 1. The molecule has 0 aromatic rings. The van der Waals surface area contributed by atoms with E-state index in [1.54, 1.807) is 0 Å². The lowest BCUT2D eigenvalue weighted by atomic mass is 10.0. The highest BCUT2D eigenvalue weighted by Gasteiger charge is 2.31. The first-order valence-electron chi connectivity index (χ1n) is 18.9. The molecule has 8 heteroatoms. The van der Waals surface area contributed by atoms with E-state index in [1.165, 1.54) is 57.8 Å². The lowest BCUT2D eigenvalue weighted by Crippen LogP contribution is -2.50. The molecule has 0 aromatic heterocycles. The van der Waals surface area contributed by atoms with Gasteiger partial charge in [0.05, 0.1) is 34.4 Å². The second kappa shape index (κ2) is 32.2. The first-order chi connectivity index (χ1) is 23.6. The molecule has 1 N–H and O–H groups in total. The van der Waals surface area contributed by atoms with Crippen molar-refractivity contribution in [3.8, 4) is 0 Å². The van der Waals surface area contributed by atoms with E-state index in [9.17, 15) is 19.5 Å². The van der Waals surface area contributed by atoms with Crippen LogP contribution in [0.1, 0.15) is 129 Å². The minimum Gasteiger partial charge on any atom is -0.477 e. The summed E-state index contributed by atoms with van der Waals surface area (Å²) in [7, 11) is 5.48.